The number of nitrogens with zero attached hydrogens (tertiary/aromatic N) is 3. The lowest BCUT2D eigenvalue weighted by atomic mass is 10.1. The molecule has 1 amide bonds. The zero-order valence-electron chi connectivity index (χ0n) is 12.7. The average Bonchev–Trinajstić information content (AvgIpc) is 3.03. The van der Waals surface area contributed by atoms with Crippen molar-refractivity contribution in [2.45, 2.75) is 6.54 Å². The second-order valence-electron chi connectivity index (χ2n) is 5.55. The standard InChI is InChI=1S/C17H18N4O2/c18-11-15-5-6-16(23-15)12-20-7-9-21(10-8-20)14-3-1-13(2-4-14)17(19)22/h1-6H,7-10,12H2,(H2,19,22). The van der Waals surface area contributed by atoms with Crippen LogP contribution in [0.2, 0.25) is 0 Å². The summed E-state index contributed by atoms with van der Waals surface area (Å²) in [5.74, 6) is 0.769. The highest BCUT2D eigenvalue weighted by atomic mass is 16.3. The minimum atomic E-state index is -0.406. The Labute approximate surface area is 134 Å². The summed E-state index contributed by atoms with van der Waals surface area (Å²) in [5.41, 5.74) is 6.88. The Balaban J connectivity index is 1.55. The summed E-state index contributed by atoms with van der Waals surface area (Å²) >= 11 is 0. The molecule has 1 aliphatic heterocycles. The fourth-order valence-corrected chi connectivity index (χ4v) is 2.74. The van der Waals surface area contributed by atoms with Gasteiger partial charge in [0.15, 0.2) is 0 Å². The normalized spacial score (nSPS) is 15.3. The number of furan rings is 1. The molecule has 2 heterocycles. The predicted octanol–water partition coefficient (Wildman–Crippen LogP) is 1.57. The van der Waals surface area contributed by atoms with E-state index in [1.54, 1.807) is 18.2 Å². The molecule has 1 aromatic heterocycles. The van der Waals surface area contributed by atoms with Gasteiger partial charge in [0.2, 0.25) is 11.7 Å². The lowest BCUT2D eigenvalue weighted by Crippen LogP contribution is -2.45. The molecule has 118 valence electrons. The first-order valence-electron chi connectivity index (χ1n) is 7.52. The highest BCUT2D eigenvalue weighted by molar-refractivity contribution is 5.93. The van der Waals surface area contributed by atoms with Gasteiger partial charge in [-0.1, -0.05) is 0 Å². The van der Waals surface area contributed by atoms with Gasteiger partial charge >= 0.3 is 0 Å². The molecule has 0 unspecified atom stereocenters. The van der Waals surface area contributed by atoms with Crippen LogP contribution in [0, 0.1) is 11.3 Å². The maximum absolute atomic E-state index is 11.1. The van der Waals surface area contributed by atoms with Crippen LogP contribution in [0.4, 0.5) is 5.69 Å². The minimum absolute atomic E-state index is 0.355. The molecule has 3 rings (SSSR count). The van der Waals surface area contributed by atoms with Crippen molar-refractivity contribution in [3.63, 3.8) is 0 Å². The number of primary amides is 1. The van der Waals surface area contributed by atoms with E-state index in [0.29, 0.717) is 11.3 Å². The summed E-state index contributed by atoms with van der Waals surface area (Å²) in [6.07, 6.45) is 0. The summed E-state index contributed by atoms with van der Waals surface area (Å²) in [6.45, 7) is 4.36. The monoisotopic (exact) mass is 310 g/mol. The van der Waals surface area contributed by atoms with Crippen molar-refractivity contribution < 1.29 is 9.21 Å². The van der Waals surface area contributed by atoms with Gasteiger partial charge in [-0.3, -0.25) is 9.69 Å². The van der Waals surface area contributed by atoms with Crippen molar-refractivity contribution >= 4 is 11.6 Å². The maximum Gasteiger partial charge on any atom is 0.248 e. The Morgan fingerprint density at radius 3 is 2.39 bits per heavy atom. The number of hydrogen-bond donors (Lipinski definition) is 1. The fourth-order valence-electron chi connectivity index (χ4n) is 2.74. The topological polar surface area (TPSA) is 86.5 Å². The first-order valence-corrected chi connectivity index (χ1v) is 7.52. The van der Waals surface area contributed by atoms with Gasteiger partial charge in [-0.15, -0.1) is 0 Å². The van der Waals surface area contributed by atoms with Gasteiger partial charge in [-0.05, 0) is 36.4 Å². The first kappa shape index (κ1) is 15.1. The van der Waals surface area contributed by atoms with E-state index in [4.69, 9.17) is 15.4 Å². The van der Waals surface area contributed by atoms with Gasteiger partial charge in [-0.2, -0.15) is 5.26 Å². The lowest BCUT2D eigenvalue weighted by Gasteiger charge is -2.35. The quantitative estimate of drug-likeness (QED) is 0.926. The lowest BCUT2D eigenvalue weighted by molar-refractivity contribution is 0.100. The van der Waals surface area contributed by atoms with Crippen LogP contribution in [-0.2, 0) is 6.54 Å². The highest BCUT2D eigenvalue weighted by Gasteiger charge is 2.18. The van der Waals surface area contributed by atoms with Crippen molar-refractivity contribution in [3.8, 4) is 6.07 Å². The second-order valence-corrected chi connectivity index (χ2v) is 5.55. The van der Waals surface area contributed by atoms with Gasteiger partial charge in [0.1, 0.15) is 11.8 Å². The van der Waals surface area contributed by atoms with Gasteiger partial charge < -0.3 is 15.1 Å². The number of piperazine rings is 1. The molecule has 0 radical (unpaired) electrons. The molecule has 0 aliphatic carbocycles. The molecule has 0 saturated carbocycles. The third-order valence-corrected chi connectivity index (χ3v) is 4.04. The van der Waals surface area contributed by atoms with Gasteiger partial charge in [0.25, 0.3) is 0 Å². The van der Waals surface area contributed by atoms with Crippen molar-refractivity contribution in [2.24, 2.45) is 5.73 Å². The van der Waals surface area contributed by atoms with Crippen LogP contribution in [-0.4, -0.2) is 37.0 Å². The molecule has 6 heteroatoms. The maximum atomic E-state index is 11.1. The number of carbonyl (C=O) groups is 1. The molecule has 1 saturated heterocycles. The zero-order valence-corrected chi connectivity index (χ0v) is 12.7. The number of anilines is 1. The summed E-state index contributed by atoms with van der Waals surface area (Å²) in [5, 5.41) is 8.78. The van der Waals surface area contributed by atoms with Crippen LogP contribution < -0.4 is 10.6 Å². The summed E-state index contributed by atoms with van der Waals surface area (Å²) < 4.78 is 5.42. The molecular weight excluding hydrogens is 292 g/mol. The average molecular weight is 310 g/mol. The third kappa shape index (κ3) is 3.52. The SMILES string of the molecule is N#Cc1ccc(CN2CCN(c3ccc(C(N)=O)cc3)CC2)o1. The first-order chi connectivity index (χ1) is 11.2. The van der Waals surface area contributed by atoms with Crippen LogP contribution in [0.25, 0.3) is 0 Å². The molecule has 1 fully saturated rings. The van der Waals surface area contributed by atoms with E-state index in [-0.39, 0.29) is 0 Å². The zero-order chi connectivity index (χ0) is 16.2. The Kier molecular flexibility index (Phi) is 4.31. The van der Waals surface area contributed by atoms with E-state index in [9.17, 15) is 4.79 Å². The van der Waals surface area contributed by atoms with Gasteiger partial charge in [0, 0.05) is 37.4 Å². The molecule has 1 aromatic carbocycles. The van der Waals surface area contributed by atoms with Crippen LogP contribution in [0.15, 0.2) is 40.8 Å². The molecule has 2 aromatic rings. The van der Waals surface area contributed by atoms with Crippen molar-refractivity contribution in [2.75, 3.05) is 31.1 Å². The Morgan fingerprint density at radius 2 is 1.83 bits per heavy atom. The van der Waals surface area contributed by atoms with Crippen molar-refractivity contribution in [3.05, 3.63) is 53.5 Å². The van der Waals surface area contributed by atoms with E-state index in [2.05, 4.69) is 9.80 Å². The highest BCUT2D eigenvalue weighted by Crippen LogP contribution is 2.18. The summed E-state index contributed by atoms with van der Waals surface area (Å²) in [4.78, 5) is 15.7. The summed E-state index contributed by atoms with van der Waals surface area (Å²) in [6, 6.07) is 12.9. The predicted molar refractivity (Wildman–Crippen MR) is 85.9 cm³/mol. The molecule has 6 nitrogen and oxygen atoms in total. The smallest absolute Gasteiger partial charge is 0.248 e. The fraction of sp³-hybridized carbons (Fsp3) is 0.294. The number of nitrogens with two attached hydrogens (primary N) is 1. The van der Waals surface area contributed by atoms with Crippen LogP contribution in [0.3, 0.4) is 0 Å². The third-order valence-electron chi connectivity index (χ3n) is 4.04. The molecule has 0 bridgehead atoms. The van der Waals surface area contributed by atoms with Crippen molar-refractivity contribution in [1.29, 1.82) is 5.26 Å². The number of hydrogen-bond acceptors (Lipinski definition) is 5. The van der Waals surface area contributed by atoms with Gasteiger partial charge in [-0.25, -0.2) is 0 Å². The second kappa shape index (κ2) is 6.55. The van der Waals surface area contributed by atoms with E-state index < -0.39 is 5.91 Å². The van der Waals surface area contributed by atoms with Crippen LogP contribution in [0.5, 0.6) is 0 Å². The van der Waals surface area contributed by atoms with E-state index >= 15 is 0 Å². The van der Waals surface area contributed by atoms with Crippen LogP contribution >= 0.6 is 0 Å². The number of benzene rings is 1. The number of nitriles is 1. The summed E-state index contributed by atoms with van der Waals surface area (Å²) in [7, 11) is 0. The van der Waals surface area contributed by atoms with Crippen molar-refractivity contribution in [1.82, 2.24) is 4.90 Å². The number of amides is 1. The molecule has 0 spiro atoms. The minimum Gasteiger partial charge on any atom is -0.449 e. The number of carbonyl (C=O) groups excluding carboxylic acids is 1. The van der Waals surface area contributed by atoms with E-state index in [1.165, 1.54) is 0 Å². The largest absolute Gasteiger partial charge is 0.449 e. The van der Waals surface area contributed by atoms with E-state index in [1.807, 2.05) is 24.3 Å². The van der Waals surface area contributed by atoms with Crippen LogP contribution in [0.1, 0.15) is 21.9 Å². The number of rotatable bonds is 4. The van der Waals surface area contributed by atoms with E-state index in [0.717, 1.165) is 44.2 Å². The van der Waals surface area contributed by atoms with Gasteiger partial charge in [0.05, 0.1) is 6.54 Å². The molecule has 23 heavy (non-hydrogen) atoms. The molecule has 1 aliphatic rings. The Bertz CT molecular complexity index is 722. The molecule has 0 atom stereocenters. The Hall–Kier alpha value is -2.78. The molecule has 2 N–H and O–H groups in total. The molecular formula is C17H18N4O2. The Morgan fingerprint density at radius 1 is 1.13 bits per heavy atom.